The number of nitrogens with zero attached hydrogens (tertiary/aromatic N) is 2. The molecule has 2 aromatic rings. The number of carbonyl (C=O) groups excluding carboxylic acids is 1. The van der Waals surface area contributed by atoms with Gasteiger partial charge in [-0.05, 0) is 28.8 Å². The monoisotopic (exact) mass is 420 g/mol. The summed E-state index contributed by atoms with van der Waals surface area (Å²) in [5.41, 5.74) is 1.18. The molecule has 28 heavy (non-hydrogen) atoms. The molecule has 0 N–H and O–H groups in total. The lowest BCUT2D eigenvalue weighted by Gasteiger charge is -2.22. The first-order chi connectivity index (χ1) is 13.4. The molecule has 1 aromatic heterocycles. The molecule has 0 radical (unpaired) electrons. The first-order valence-electron chi connectivity index (χ1n) is 8.54. The van der Waals surface area contributed by atoms with E-state index in [2.05, 4.69) is 9.64 Å². The van der Waals surface area contributed by atoms with Crippen molar-refractivity contribution >= 4 is 17.2 Å². The van der Waals surface area contributed by atoms with Crippen LogP contribution in [-0.4, -0.2) is 48.5 Å². The van der Waals surface area contributed by atoms with Crippen molar-refractivity contribution < 1.29 is 31.5 Å². The van der Waals surface area contributed by atoms with Crippen LogP contribution in [0.15, 0.2) is 16.8 Å². The Hall–Kier alpha value is -2.20. The molecule has 4 nitrogen and oxygen atoms in total. The van der Waals surface area contributed by atoms with Gasteiger partial charge in [-0.25, -0.2) is 13.2 Å². The summed E-state index contributed by atoms with van der Waals surface area (Å²) in [5.74, 6) is -12.7. The van der Waals surface area contributed by atoms with E-state index in [0.29, 0.717) is 26.1 Å². The van der Waals surface area contributed by atoms with Gasteiger partial charge in [-0.15, -0.1) is 0 Å². The van der Waals surface area contributed by atoms with Gasteiger partial charge in [0.2, 0.25) is 29.1 Å². The first kappa shape index (κ1) is 20.5. The highest BCUT2D eigenvalue weighted by atomic mass is 32.1. The number of carbonyl (C=O) groups is 1. The van der Waals surface area contributed by atoms with Gasteiger partial charge in [0.1, 0.15) is 0 Å². The van der Waals surface area contributed by atoms with Gasteiger partial charge in [-0.2, -0.15) is 20.1 Å². The summed E-state index contributed by atoms with van der Waals surface area (Å²) in [6.45, 7) is 2.11. The van der Waals surface area contributed by atoms with Crippen molar-refractivity contribution in [1.29, 1.82) is 0 Å². The molecule has 1 saturated heterocycles. The van der Waals surface area contributed by atoms with Gasteiger partial charge < -0.3 is 9.64 Å². The van der Waals surface area contributed by atoms with Crippen LogP contribution in [0.1, 0.15) is 12.0 Å². The molecular weight excluding hydrogens is 403 g/mol. The highest BCUT2D eigenvalue weighted by Crippen LogP contribution is 2.29. The average molecular weight is 420 g/mol. The van der Waals surface area contributed by atoms with Crippen molar-refractivity contribution in [2.24, 2.45) is 0 Å². The molecule has 1 aliphatic heterocycles. The van der Waals surface area contributed by atoms with E-state index in [0.717, 1.165) is 13.1 Å². The third kappa shape index (κ3) is 4.44. The van der Waals surface area contributed by atoms with Crippen molar-refractivity contribution in [2.75, 3.05) is 32.8 Å². The van der Waals surface area contributed by atoms with E-state index in [-0.39, 0.29) is 0 Å². The van der Waals surface area contributed by atoms with E-state index in [1.165, 1.54) is 10.5 Å². The zero-order chi connectivity index (χ0) is 20.3. The summed E-state index contributed by atoms with van der Waals surface area (Å²) in [6.07, 6.45) is 0.693. The van der Waals surface area contributed by atoms with E-state index >= 15 is 0 Å². The third-order valence-electron chi connectivity index (χ3n) is 4.44. The van der Waals surface area contributed by atoms with Crippen LogP contribution in [0.5, 0.6) is 5.75 Å². The Balaban J connectivity index is 1.58. The minimum atomic E-state index is -2.27. The number of thiophene rings is 1. The molecule has 0 unspecified atom stereocenters. The summed E-state index contributed by atoms with van der Waals surface area (Å²) in [7, 11) is 0. The molecule has 152 valence electrons. The molecular formula is C18H17F5N2O2S. The highest BCUT2D eigenvalue weighted by molar-refractivity contribution is 7.07. The smallest absolute Gasteiger partial charge is 0.260 e. The Labute approximate surface area is 162 Å². The Bertz CT molecular complexity index is 818. The number of hydrogen-bond acceptors (Lipinski definition) is 4. The number of rotatable bonds is 5. The normalized spacial score (nSPS) is 15.5. The minimum absolute atomic E-state index is 0.378. The van der Waals surface area contributed by atoms with Gasteiger partial charge in [0.25, 0.3) is 5.91 Å². The predicted molar refractivity (Wildman–Crippen MR) is 92.5 cm³/mol. The number of amides is 1. The molecule has 1 aromatic carbocycles. The summed E-state index contributed by atoms with van der Waals surface area (Å²) in [5, 5.41) is 4.03. The van der Waals surface area contributed by atoms with E-state index in [9.17, 15) is 26.7 Å². The Morgan fingerprint density at radius 3 is 2.29 bits per heavy atom. The molecule has 1 aliphatic rings. The van der Waals surface area contributed by atoms with Gasteiger partial charge in [0.05, 0.1) is 0 Å². The quantitative estimate of drug-likeness (QED) is 0.421. The lowest BCUT2D eigenvalue weighted by atomic mass is 10.2. The van der Waals surface area contributed by atoms with Crippen LogP contribution < -0.4 is 4.74 Å². The van der Waals surface area contributed by atoms with Crippen molar-refractivity contribution in [2.45, 2.75) is 13.0 Å². The zero-order valence-electron chi connectivity index (χ0n) is 14.7. The number of benzene rings is 1. The molecule has 0 atom stereocenters. The molecule has 0 saturated carbocycles. The van der Waals surface area contributed by atoms with Crippen LogP contribution in [0, 0.1) is 29.1 Å². The second-order valence-corrected chi connectivity index (χ2v) is 7.11. The second-order valence-electron chi connectivity index (χ2n) is 6.33. The number of halogens is 5. The summed E-state index contributed by atoms with van der Waals surface area (Å²) in [6, 6.07) is 2.02. The van der Waals surface area contributed by atoms with Crippen LogP contribution in [-0.2, 0) is 11.3 Å². The minimum Gasteiger partial charge on any atom is -0.477 e. The molecule has 0 spiro atoms. The molecule has 0 bridgehead atoms. The van der Waals surface area contributed by atoms with Crippen LogP contribution >= 0.6 is 11.3 Å². The van der Waals surface area contributed by atoms with Gasteiger partial charge in [0.15, 0.2) is 12.4 Å². The molecule has 0 aliphatic carbocycles. The third-order valence-corrected chi connectivity index (χ3v) is 5.17. The zero-order valence-corrected chi connectivity index (χ0v) is 15.5. The van der Waals surface area contributed by atoms with Crippen LogP contribution in [0.4, 0.5) is 22.0 Å². The van der Waals surface area contributed by atoms with E-state index in [1.54, 1.807) is 11.3 Å². The lowest BCUT2D eigenvalue weighted by molar-refractivity contribution is -0.133. The summed E-state index contributed by atoms with van der Waals surface area (Å²) >= 11 is 1.60. The Morgan fingerprint density at radius 1 is 0.964 bits per heavy atom. The van der Waals surface area contributed by atoms with Crippen molar-refractivity contribution in [3.63, 3.8) is 0 Å². The first-order valence-corrected chi connectivity index (χ1v) is 9.48. The fraction of sp³-hybridized carbons (Fsp3) is 0.389. The van der Waals surface area contributed by atoms with Crippen LogP contribution in [0.3, 0.4) is 0 Å². The maximum Gasteiger partial charge on any atom is 0.260 e. The van der Waals surface area contributed by atoms with E-state index < -0.39 is 47.3 Å². The molecule has 1 amide bonds. The van der Waals surface area contributed by atoms with Gasteiger partial charge in [0, 0.05) is 32.7 Å². The average Bonchev–Trinajstić information content (AvgIpc) is 3.08. The van der Waals surface area contributed by atoms with Crippen molar-refractivity contribution in [3.8, 4) is 5.75 Å². The Kier molecular flexibility index (Phi) is 6.50. The summed E-state index contributed by atoms with van der Waals surface area (Å²) < 4.78 is 71.3. The largest absolute Gasteiger partial charge is 0.477 e. The second kappa shape index (κ2) is 8.87. The van der Waals surface area contributed by atoms with Gasteiger partial charge >= 0.3 is 0 Å². The topological polar surface area (TPSA) is 32.8 Å². The highest BCUT2D eigenvalue weighted by Gasteiger charge is 2.28. The van der Waals surface area contributed by atoms with Crippen LogP contribution in [0.25, 0.3) is 0 Å². The maximum atomic E-state index is 13.6. The van der Waals surface area contributed by atoms with Crippen molar-refractivity contribution in [3.05, 3.63) is 51.5 Å². The van der Waals surface area contributed by atoms with E-state index in [4.69, 9.17) is 0 Å². The number of ether oxygens (including phenoxy) is 1. The fourth-order valence-electron chi connectivity index (χ4n) is 2.96. The van der Waals surface area contributed by atoms with E-state index in [1.807, 2.05) is 16.8 Å². The SMILES string of the molecule is O=C(COc1c(F)c(F)c(F)c(F)c1F)N1CCCN(Cc2ccsc2)CC1. The fourth-order valence-corrected chi connectivity index (χ4v) is 3.62. The summed E-state index contributed by atoms with van der Waals surface area (Å²) in [4.78, 5) is 15.9. The van der Waals surface area contributed by atoms with Gasteiger partial charge in [-0.1, -0.05) is 0 Å². The van der Waals surface area contributed by atoms with Crippen LogP contribution in [0.2, 0.25) is 0 Å². The maximum absolute atomic E-state index is 13.6. The standard InChI is InChI=1S/C18H17F5N2O2S/c19-13-14(20)16(22)18(17(23)15(13)21)27-9-12(26)25-4-1-3-24(5-6-25)8-11-2-7-28-10-11/h2,7,10H,1,3-6,8-9H2. The Morgan fingerprint density at radius 2 is 1.64 bits per heavy atom. The lowest BCUT2D eigenvalue weighted by Crippen LogP contribution is -2.38. The molecule has 3 rings (SSSR count). The predicted octanol–water partition coefficient (Wildman–Crippen LogP) is 3.56. The number of hydrogen-bond donors (Lipinski definition) is 0. The molecule has 10 heteroatoms. The molecule has 2 heterocycles. The van der Waals surface area contributed by atoms with Crippen molar-refractivity contribution in [1.82, 2.24) is 9.80 Å². The van der Waals surface area contributed by atoms with Gasteiger partial charge in [-0.3, -0.25) is 9.69 Å². The molecule has 1 fully saturated rings.